The van der Waals surface area contributed by atoms with E-state index in [1.54, 1.807) is 7.11 Å². The molecule has 2 aromatic carbocycles. The van der Waals surface area contributed by atoms with Gasteiger partial charge in [0.15, 0.2) is 0 Å². The molecule has 0 aromatic heterocycles. The highest BCUT2D eigenvalue weighted by atomic mass is 16.5. The van der Waals surface area contributed by atoms with E-state index >= 15 is 0 Å². The van der Waals surface area contributed by atoms with Gasteiger partial charge in [-0.1, -0.05) is 42.5 Å². The number of ether oxygens (including phenoxy) is 1. The molecule has 2 nitrogen and oxygen atoms in total. The summed E-state index contributed by atoms with van der Waals surface area (Å²) in [4.78, 5) is 0. The quantitative estimate of drug-likeness (QED) is 0.930. The Hall–Kier alpha value is -2.06. The minimum atomic E-state index is 0.512. The maximum atomic E-state index is 5.78. The molecule has 108 valence electrons. The van der Waals surface area contributed by atoms with Crippen molar-refractivity contribution in [3.63, 3.8) is 0 Å². The number of rotatable bonds is 4. The smallest absolute Gasteiger partial charge is 0.119 e. The van der Waals surface area contributed by atoms with Crippen LogP contribution < -0.4 is 10.5 Å². The van der Waals surface area contributed by atoms with E-state index in [-0.39, 0.29) is 0 Å². The van der Waals surface area contributed by atoms with Crippen molar-refractivity contribution in [1.29, 1.82) is 0 Å². The van der Waals surface area contributed by atoms with Gasteiger partial charge in [0.25, 0.3) is 0 Å². The van der Waals surface area contributed by atoms with Crippen molar-refractivity contribution in [1.82, 2.24) is 0 Å². The zero-order valence-corrected chi connectivity index (χ0v) is 12.4. The van der Waals surface area contributed by atoms with Crippen LogP contribution in [0.25, 0.3) is 5.57 Å². The summed E-state index contributed by atoms with van der Waals surface area (Å²) in [5.41, 5.74) is 11.2. The minimum Gasteiger partial charge on any atom is -0.497 e. The van der Waals surface area contributed by atoms with Gasteiger partial charge in [0.2, 0.25) is 0 Å². The van der Waals surface area contributed by atoms with E-state index < -0.39 is 0 Å². The first kappa shape index (κ1) is 13.9. The van der Waals surface area contributed by atoms with Crippen LogP contribution in [-0.2, 0) is 12.8 Å². The van der Waals surface area contributed by atoms with Crippen LogP contribution in [0.2, 0.25) is 0 Å². The summed E-state index contributed by atoms with van der Waals surface area (Å²) in [6.45, 7) is 0.581. The fraction of sp³-hybridized carbons (Fsp3) is 0.263. The van der Waals surface area contributed by atoms with Gasteiger partial charge < -0.3 is 10.5 Å². The minimum absolute atomic E-state index is 0.512. The van der Waals surface area contributed by atoms with Crippen molar-refractivity contribution >= 4 is 5.57 Å². The summed E-state index contributed by atoms with van der Waals surface area (Å²) < 4.78 is 5.36. The van der Waals surface area contributed by atoms with Crippen LogP contribution in [-0.4, -0.2) is 13.7 Å². The molecule has 0 heterocycles. The normalized spacial score (nSPS) is 18.8. The molecular formula is C19H21NO. The fourth-order valence-corrected chi connectivity index (χ4v) is 3.21. The van der Waals surface area contributed by atoms with E-state index in [2.05, 4.69) is 48.5 Å². The number of nitrogens with two attached hydrogens (primary N) is 1. The number of fused-ring (bicyclic) bond motifs is 1. The summed E-state index contributed by atoms with van der Waals surface area (Å²) in [5, 5.41) is 0. The van der Waals surface area contributed by atoms with Gasteiger partial charge in [0.05, 0.1) is 7.11 Å². The predicted octanol–water partition coefficient (Wildman–Crippen LogP) is 3.45. The summed E-state index contributed by atoms with van der Waals surface area (Å²) in [7, 11) is 1.71. The maximum absolute atomic E-state index is 5.78. The van der Waals surface area contributed by atoms with Gasteiger partial charge in [0, 0.05) is 6.54 Å². The lowest BCUT2D eigenvalue weighted by Gasteiger charge is -2.13. The maximum Gasteiger partial charge on any atom is 0.119 e. The highest BCUT2D eigenvalue weighted by molar-refractivity contribution is 5.76. The number of methoxy groups -OCH3 is 1. The van der Waals surface area contributed by atoms with Crippen LogP contribution in [0.4, 0.5) is 0 Å². The Balaban J connectivity index is 1.92. The molecule has 0 unspecified atom stereocenters. The van der Waals surface area contributed by atoms with E-state index in [0.29, 0.717) is 12.5 Å². The molecule has 2 N–H and O–H groups in total. The molecule has 0 radical (unpaired) electrons. The van der Waals surface area contributed by atoms with E-state index in [4.69, 9.17) is 10.5 Å². The summed E-state index contributed by atoms with van der Waals surface area (Å²) in [5.74, 6) is 1.43. The standard InChI is InChI=1S/C19H21NO/c1-21-17-8-7-15-12-16(11-14-5-3-2-4-6-14)18(9-10-20)19(15)13-17/h2-9,13,16H,10-12,20H2,1H3/b18-9+/t16-/m1/s1. The molecule has 1 atom stereocenters. The Morgan fingerprint density at radius 2 is 2.00 bits per heavy atom. The molecule has 0 amide bonds. The SMILES string of the molecule is COc1ccc2c(c1)/C(=C/CN)[C@H](Cc1ccccc1)C2. The van der Waals surface area contributed by atoms with Gasteiger partial charge in [0.1, 0.15) is 5.75 Å². The Kier molecular flexibility index (Phi) is 4.07. The summed E-state index contributed by atoms with van der Waals surface area (Å²) in [6.07, 6.45) is 4.31. The molecule has 0 spiro atoms. The second-order valence-corrected chi connectivity index (χ2v) is 5.51. The number of hydrogen-bond acceptors (Lipinski definition) is 2. The second kappa shape index (κ2) is 6.15. The molecular weight excluding hydrogens is 258 g/mol. The van der Waals surface area contributed by atoms with Crippen LogP contribution >= 0.6 is 0 Å². The molecule has 2 aromatic rings. The lowest BCUT2D eigenvalue weighted by molar-refractivity contribution is 0.414. The molecule has 0 fully saturated rings. The van der Waals surface area contributed by atoms with E-state index in [1.165, 1.54) is 22.3 Å². The number of benzene rings is 2. The van der Waals surface area contributed by atoms with E-state index in [1.807, 2.05) is 6.07 Å². The molecule has 21 heavy (non-hydrogen) atoms. The topological polar surface area (TPSA) is 35.2 Å². The van der Waals surface area contributed by atoms with Crippen molar-refractivity contribution in [3.8, 4) is 5.75 Å². The molecule has 3 rings (SSSR count). The Morgan fingerprint density at radius 1 is 1.19 bits per heavy atom. The highest BCUT2D eigenvalue weighted by Crippen LogP contribution is 2.40. The Labute approximate surface area is 126 Å². The second-order valence-electron chi connectivity index (χ2n) is 5.51. The summed E-state index contributed by atoms with van der Waals surface area (Å²) >= 11 is 0. The Bertz CT molecular complexity index is 646. The van der Waals surface area contributed by atoms with Crippen LogP contribution in [0.1, 0.15) is 16.7 Å². The van der Waals surface area contributed by atoms with Gasteiger partial charge in [-0.05, 0) is 53.2 Å². The molecule has 0 saturated heterocycles. The first-order valence-corrected chi connectivity index (χ1v) is 7.43. The molecule has 1 aliphatic rings. The van der Waals surface area contributed by atoms with Crippen LogP contribution in [0.5, 0.6) is 5.75 Å². The zero-order chi connectivity index (χ0) is 14.7. The first-order chi connectivity index (χ1) is 10.3. The van der Waals surface area contributed by atoms with Crippen molar-refractivity contribution in [2.45, 2.75) is 12.8 Å². The predicted molar refractivity (Wildman–Crippen MR) is 87.4 cm³/mol. The van der Waals surface area contributed by atoms with Crippen LogP contribution in [0.3, 0.4) is 0 Å². The van der Waals surface area contributed by atoms with Crippen molar-refractivity contribution in [2.75, 3.05) is 13.7 Å². The third-order valence-corrected chi connectivity index (χ3v) is 4.20. The van der Waals surface area contributed by atoms with Crippen molar-refractivity contribution in [2.24, 2.45) is 11.7 Å². The monoisotopic (exact) mass is 279 g/mol. The van der Waals surface area contributed by atoms with Gasteiger partial charge in [-0.25, -0.2) is 0 Å². The van der Waals surface area contributed by atoms with Crippen molar-refractivity contribution in [3.05, 3.63) is 71.3 Å². The average Bonchev–Trinajstić information content (AvgIpc) is 2.85. The molecule has 2 heteroatoms. The third kappa shape index (κ3) is 2.86. The van der Waals surface area contributed by atoms with Crippen LogP contribution in [0.15, 0.2) is 54.6 Å². The summed E-state index contributed by atoms with van der Waals surface area (Å²) in [6, 6.07) is 17.0. The fourth-order valence-electron chi connectivity index (χ4n) is 3.21. The van der Waals surface area contributed by atoms with E-state index in [0.717, 1.165) is 18.6 Å². The average molecular weight is 279 g/mol. The van der Waals surface area contributed by atoms with Gasteiger partial charge in [-0.2, -0.15) is 0 Å². The number of hydrogen-bond donors (Lipinski definition) is 1. The molecule has 0 aliphatic heterocycles. The van der Waals surface area contributed by atoms with Gasteiger partial charge in [-0.15, -0.1) is 0 Å². The lowest BCUT2D eigenvalue weighted by atomic mass is 9.92. The van der Waals surface area contributed by atoms with Crippen molar-refractivity contribution < 1.29 is 4.74 Å². The third-order valence-electron chi connectivity index (χ3n) is 4.20. The van der Waals surface area contributed by atoms with Gasteiger partial charge >= 0.3 is 0 Å². The number of allylic oxidation sites excluding steroid dienone is 1. The largest absolute Gasteiger partial charge is 0.497 e. The van der Waals surface area contributed by atoms with E-state index in [9.17, 15) is 0 Å². The Morgan fingerprint density at radius 3 is 2.71 bits per heavy atom. The highest BCUT2D eigenvalue weighted by Gasteiger charge is 2.27. The molecule has 1 aliphatic carbocycles. The first-order valence-electron chi connectivity index (χ1n) is 7.43. The van der Waals surface area contributed by atoms with Crippen LogP contribution in [0, 0.1) is 5.92 Å². The zero-order valence-electron chi connectivity index (χ0n) is 12.4. The molecule has 0 saturated carbocycles. The molecule has 0 bridgehead atoms. The van der Waals surface area contributed by atoms with Gasteiger partial charge in [-0.3, -0.25) is 0 Å². The lowest BCUT2D eigenvalue weighted by Crippen LogP contribution is -2.05.